The van der Waals surface area contributed by atoms with Gasteiger partial charge in [-0.2, -0.15) is 0 Å². The Morgan fingerprint density at radius 2 is 1.72 bits per heavy atom. The van der Waals surface area contributed by atoms with Gasteiger partial charge in [0, 0.05) is 37.6 Å². The number of halogens is 1. The van der Waals surface area contributed by atoms with Crippen LogP contribution in [-0.4, -0.2) is 23.0 Å². The maximum atomic E-state index is 12.4. The second-order valence-electron chi connectivity index (χ2n) is 6.07. The lowest BCUT2D eigenvalue weighted by molar-refractivity contribution is 0.0603. The van der Waals surface area contributed by atoms with Crippen LogP contribution in [0.4, 0.5) is 0 Å². The fraction of sp³-hybridized carbons (Fsp3) is 0.0500. The van der Waals surface area contributed by atoms with Crippen molar-refractivity contribution in [3.63, 3.8) is 0 Å². The number of methoxy groups -OCH3 is 1. The van der Waals surface area contributed by atoms with Crippen molar-refractivity contribution in [3.05, 3.63) is 59.1 Å². The average Bonchev–Trinajstić information content (AvgIpc) is 3.17. The maximum absolute atomic E-state index is 12.4. The fourth-order valence-corrected chi connectivity index (χ4v) is 3.80. The summed E-state index contributed by atoms with van der Waals surface area (Å²) in [6.07, 6.45) is 0. The molecular formula is C20H13ClN2O2. The van der Waals surface area contributed by atoms with E-state index in [2.05, 4.69) is 9.97 Å². The van der Waals surface area contributed by atoms with Crippen LogP contribution in [0, 0.1) is 0 Å². The third kappa shape index (κ3) is 1.91. The Balaban J connectivity index is 2.09. The maximum Gasteiger partial charge on any atom is 0.340 e. The van der Waals surface area contributed by atoms with E-state index in [1.165, 1.54) is 7.11 Å². The molecule has 2 aromatic heterocycles. The van der Waals surface area contributed by atoms with Crippen molar-refractivity contribution in [2.75, 3.05) is 7.11 Å². The van der Waals surface area contributed by atoms with Crippen molar-refractivity contribution < 1.29 is 9.53 Å². The summed E-state index contributed by atoms with van der Waals surface area (Å²) < 4.78 is 5.01. The zero-order valence-electron chi connectivity index (χ0n) is 13.3. The van der Waals surface area contributed by atoms with Crippen LogP contribution in [0.1, 0.15) is 10.4 Å². The number of para-hydroxylation sites is 1. The number of rotatable bonds is 1. The first-order valence-corrected chi connectivity index (χ1v) is 8.28. The predicted octanol–water partition coefficient (Wildman–Crippen LogP) is 5.40. The number of benzene rings is 3. The molecule has 5 rings (SSSR count). The van der Waals surface area contributed by atoms with E-state index in [9.17, 15) is 4.79 Å². The predicted molar refractivity (Wildman–Crippen MR) is 102 cm³/mol. The highest BCUT2D eigenvalue weighted by Crippen LogP contribution is 2.38. The molecule has 4 nitrogen and oxygen atoms in total. The second-order valence-corrected chi connectivity index (χ2v) is 6.51. The normalized spacial score (nSPS) is 11.8. The van der Waals surface area contributed by atoms with Gasteiger partial charge < -0.3 is 14.7 Å². The Morgan fingerprint density at radius 3 is 2.56 bits per heavy atom. The molecule has 5 aromatic rings. The molecule has 0 spiro atoms. The molecule has 3 aromatic carbocycles. The largest absolute Gasteiger partial charge is 0.465 e. The molecule has 2 N–H and O–H groups in total. The lowest BCUT2D eigenvalue weighted by Gasteiger charge is -2.03. The van der Waals surface area contributed by atoms with Gasteiger partial charge in [0.15, 0.2) is 0 Å². The van der Waals surface area contributed by atoms with Gasteiger partial charge >= 0.3 is 5.97 Å². The number of H-pyrrole nitrogens is 2. The number of ether oxygens (including phenoxy) is 1. The van der Waals surface area contributed by atoms with Gasteiger partial charge in [0.1, 0.15) is 0 Å². The van der Waals surface area contributed by atoms with E-state index < -0.39 is 0 Å². The number of nitrogens with one attached hydrogen (secondary N) is 2. The molecule has 0 saturated heterocycles. The molecule has 0 aliphatic carbocycles. The van der Waals surface area contributed by atoms with Gasteiger partial charge in [-0.15, -0.1) is 0 Å². The van der Waals surface area contributed by atoms with E-state index in [-0.39, 0.29) is 5.97 Å². The van der Waals surface area contributed by atoms with E-state index in [0.717, 1.165) is 43.6 Å². The van der Waals surface area contributed by atoms with E-state index in [4.69, 9.17) is 16.3 Å². The fourth-order valence-electron chi connectivity index (χ4n) is 3.63. The smallest absolute Gasteiger partial charge is 0.340 e. The molecule has 0 saturated carbocycles. The average molecular weight is 349 g/mol. The monoisotopic (exact) mass is 348 g/mol. The van der Waals surface area contributed by atoms with Gasteiger partial charge in [-0.1, -0.05) is 35.9 Å². The molecule has 122 valence electrons. The summed E-state index contributed by atoms with van der Waals surface area (Å²) in [7, 11) is 1.40. The summed E-state index contributed by atoms with van der Waals surface area (Å²) in [5, 5.41) is 4.71. The SMILES string of the molecule is COC(=O)c1cc2c3ccccc3[nH]c2c2c1[nH]c1cc(Cl)ccc12. The summed E-state index contributed by atoms with van der Waals surface area (Å²) in [4.78, 5) is 19.2. The molecule has 0 aliphatic heterocycles. The van der Waals surface area contributed by atoms with Gasteiger partial charge in [0.25, 0.3) is 0 Å². The highest BCUT2D eigenvalue weighted by atomic mass is 35.5. The van der Waals surface area contributed by atoms with Crippen molar-refractivity contribution in [3.8, 4) is 0 Å². The van der Waals surface area contributed by atoms with Gasteiger partial charge in [-0.05, 0) is 24.3 Å². The third-order valence-electron chi connectivity index (χ3n) is 4.72. The first kappa shape index (κ1) is 14.4. The summed E-state index contributed by atoms with van der Waals surface area (Å²) in [5.41, 5.74) is 4.19. The molecule has 0 amide bonds. The Hall–Kier alpha value is -2.98. The zero-order chi connectivity index (χ0) is 17.1. The van der Waals surface area contributed by atoms with Gasteiger partial charge in [0.2, 0.25) is 0 Å². The first-order valence-electron chi connectivity index (χ1n) is 7.90. The zero-order valence-corrected chi connectivity index (χ0v) is 14.1. The van der Waals surface area contributed by atoms with Crippen LogP contribution in [0.2, 0.25) is 5.02 Å². The number of esters is 1. The van der Waals surface area contributed by atoms with Crippen LogP contribution in [0.5, 0.6) is 0 Å². The molecule has 25 heavy (non-hydrogen) atoms. The van der Waals surface area contributed by atoms with Crippen LogP contribution < -0.4 is 0 Å². The summed E-state index contributed by atoms with van der Waals surface area (Å²) >= 11 is 6.14. The van der Waals surface area contributed by atoms with Gasteiger partial charge in [0.05, 0.1) is 23.7 Å². The standard InChI is InChI=1S/C20H13ClN2O2/c1-25-20(24)14-9-13-11-4-2-3-5-15(11)22-18(13)17-12-7-6-10(21)8-16(12)23-19(14)17/h2-9,22-23H,1H3. The number of fused-ring (bicyclic) bond motifs is 7. The van der Waals surface area contributed by atoms with E-state index in [1.807, 2.05) is 48.5 Å². The number of carbonyl (C=O) groups is 1. The Bertz CT molecular complexity index is 1310. The van der Waals surface area contributed by atoms with Crippen LogP contribution in [0.25, 0.3) is 43.6 Å². The minimum atomic E-state index is -0.366. The van der Waals surface area contributed by atoms with Crippen LogP contribution in [0.3, 0.4) is 0 Å². The van der Waals surface area contributed by atoms with Crippen molar-refractivity contribution in [1.29, 1.82) is 0 Å². The number of aromatic amines is 2. The van der Waals surface area contributed by atoms with Crippen molar-refractivity contribution >= 4 is 61.2 Å². The number of aromatic nitrogens is 2. The second kappa shape index (κ2) is 5.01. The quantitative estimate of drug-likeness (QED) is 0.399. The number of hydrogen-bond acceptors (Lipinski definition) is 2. The molecule has 0 unspecified atom stereocenters. The van der Waals surface area contributed by atoms with Gasteiger partial charge in [-0.3, -0.25) is 0 Å². The van der Waals surface area contributed by atoms with Crippen molar-refractivity contribution in [1.82, 2.24) is 9.97 Å². The lowest BCUT2D eigenvalue weighted by Crippen LogP contribution is -2.02. The summed E-state index contributed by atoms with van der Waals surface area (Å²) in [6, 6.07) is 15.7. The van der Waals surface area contributed by atoms with Crippen LogP contribution in [-0.2, 0) is 4.74 Å². The minimum Gasteiger partial charge on any atom is -0.465 e. The van der Waals surface area contributed by atoms with Crippen molar-refractivity contribution in [2.45, 2.75) is 0 Å². The topological polar surface area (TPSA) is 57.9 Å². The molecule has 0 radical (unpaired) electrons. The molecular weight excluding hydrogens is 336 g/mol. The van der Waals surface area contributed by atoms with E-state index in [1.54, 1.807) is 0 Å². The molecule has 0 bridgehead atoms. The Morgan fingerprint density at radius 1 is 0.920 bits per heavy atom. The molecule has 0 aliphatic rings. The number of hydrogen-bond donors (Lipinski definition) is 2. The number of carbonyl (C=O) groups excluding carboxylic acids is 1. The molecule has 0 atom stereocenters. The highest BCUT2D eigenvalue weighted by Gasteiger charge is 2.20. The summed E-state index contributed by atoms with van der Waals surface area (Å²) in [5.74, 6) is -0.366. The minimum absolute atomic E-state index is 0.366. The van der Waals surface area contributed by atoms with Crippen LogP contribution >= 0.6 is 11.6 Å². The lowest BCUT2D eigenvalue weighted by atomic mass is 10.0. The Kier molecular flexibility index (Phi) is 2.88. The molecule has 5 heteroatoms. The van der Waals surface area contributed by atoms with E-state index in [0.29, 0.717) is 10.6 Å². The highest BCUT2D eigenvalue weighted by molar-refractivity contribution is 6.33. The summed E-state index contributed by atoms with van der Waals surface area (Å²) in [6.45, 7) is 0. The van der Waals surface area contributed by atoms with Gasteiger partial charge in [-0.25, -0.2) is 4.79 Å². The third-order valence-corrected chi connectivity index (χ3v) is 4.96. The van der Waals surface area contributed by atoms with Crippen LogP contribution in [0.15, 0.2) is 48.5 Å². The first-order chi connectivity index (χ1) is 12.2. The van der Waals surface area contributed by atoms with Crippen molar-refractivity contribution in [2.24, 2.45) is 0 Å². The molecule has 0 fully saturated rings. The van der Waals surface area contributed by atoms with E-state index >= 15 is 0 Å². The Labute approximate surface area is 147 Å². The molecule has 2 heterocycles.